The van der Waals surface area contributed by atoms with E-state index in [0.717, 1.165) is 38.3 Å². The van der Waals surface area contributed by atoms with Gasteiger partial charge in [-0.25, -0.2) is 0 Å². The lowest BCUT2D eigenvalue weighted by molar-refractivity contribution is 0.220. The Kier molecular flexibility index (Phi) is 12.8. The van der Waals surface area contributed by atoms with Crippen LogP contribution in [-0.2, 0) is 13.0 Å². The maximum Gasteiger partial charge on any atom is 0.124 e. The van der Waals surface area contributed by atoms with Crippen LogP contribution in [0.2, 0.25) is 0 Å². The molecule has 0 aliphatic heterocycles. The summed E-state index contributed by atoms with van der Waals surface area (Å²) >= 11 is 0. The SMILES string of the molecule is CCN(CC)CCOc1ccc2ccccc2c1C(Cc1ccccc1)NCc1ccccc1.Cl.Cl. The molecule has 192 valence electrons. The number of rotatable bonds is 12. The second-order valence-electron chi connectivity index (χ2n) is 8.68. The Morgan fingerprint density at radius 3 is 2.00 bits per heavy atom. The van der Waals surface area contributed by atoms with E-state index in [-0.39, 0.29) is 30.9 Å². The van der Waals surface area contributed by atoms with Gasteiger partial charge in [0.2, 0.25) is 0 Å². The summed E-state index contributed by atoms with van der Waals surface area (Å²) in [5.41, 5.74) is 3.84. The van der Waals surface area contributed by atoms with Crippen LogP contribution < -0.4 is 10.1 Å². The third kappa shape index (κ3) is 7.97. The van der Waals surface area contributed by atoms with Crippen molar-refractivity contribution in [2.45, 2.75) is 32.9 Å². The van der Waals surface area contributed by atoms with Crippen molar-refractivity contribution in [3.63, 3.8) is 0 Å². The Morgan fingerprint density at radius 1 is 0.722 bits per heavy atom. The van der Waals surface area contributed by atoms with Crippen LogP contribution >= 0.6 is 24.8 Å². The van der Waals surface area contributed by atoms with Gasteiger partial charge in [0, 0.05) is 24.7 Å². The van der Waals surface area contributed by atoms with E-state index in [0.29, 0.717) is 6.61 Å². The number of hydrogen-bond donors (Lipinski definition) is 1. The molecule has 0 aliphatic carbocycles. The number of hydrogen-bond acceptors (Lipinski definition) is 3. The van der Waals surface area contributed by atoms with Gasteiger partial charge in [-0.3, -0.25) is 0 Å². The van der Waals surface area contributed by atoms with E-state index in [1.165, 1.54) is 27.5 Å². The summed E-state index contributed by atoms with van der Waals surface area (Å²) in [5, 5.41) is 6.36. The fourth-order valence-corrected chi connectivity index (χ4v) is 4.55. The Hall–Kier alpha value is -2.56. The number of nitrogens with zero attached hydrogens (tertiary/aromatic N) is 1. The minimum Gasteiger partial charge on any atom is -0.492 e. The van der Waals surface area contributed by atoms with Crippen LogP contribution in [-0.4, -0.2) is 31.1 Å². The van der Waals surface area contributed by atoms with E-state index in [1.54, 1.807) is 0 Å². The minimum atomic E-state index is 0. The van der Waals surface area contributed by atoms with Crippen molar-refractivity contribution < 1.29 is 4.74 Å². The smallest absolute Gasteiger partial charge is 0.124 e. The van der Waals surface area contributed by atoms with Crippen molar-refractivity contribution in [3.8, 4) is 5.75 Å². The average Bonchev–Trinajstić information content (AvgIpc) is 2.90. The molecule has 1 unspecified atom stereocenters. The van der Waals surface area contributed by atoms with Gasteiger partial charge in [-0.15, -0.1) is 24.8 Å². The zero-order chi connectivity index (χ0) is 23.6. The Balaban J connectivity index is 0.00000228. The van der Waals surface area contributed by atoms with Crippen LogP contribution in [0.15, 0.2) is 97.1 Å². The summed E-state index contributed by atoms with van der Waals surface area (Å²) in [6, 6.07) is 34.5. The molecular formula is C31H38Cl2N2O. The molecule has 5 heteroatoms. The second kappa shape index (κ2) is 15.5. The van der Waals surface area contributed by atoms with Crippen molar-refractivity contribution in [1.82, 2.24) is 10.2 Å². The number of halogens is 2. The number of fused-ring (bicyclic) bond motifs is 1. The Labute approximate surface area is 228 Å². The molecule has 4 aromatic carbocycles. The maximum absolute atomic E-state index is 6.47. The largest absolute Gasteiger partial charge is 0.492 e. The molecule has 0 heterocycles. The fourth-order valence-electron chi connectivity index (χ4n) is 4.55. The highest BCUT2D eigenvalue weighted by atomic mass is 35.5. The fraction of sp³-hybridized carbons (Fsp3) is 0.290. The van der Waals surface area contributed by atoms with Crippen molar-refractivity contribution in [3.05, 3.63) is 114 Å². The van der Waals surface area contributed by atoms with Gasteiger partial charge in [-0.2, -0.15) is 0 Å². The van der Waals surface area contributed by atoms with Gasteiger partial charge in [0.05, 0.1) is 0 Å². The van der Waals surface area contributed by atoms with Gasteiger partial charge in [0.15, 0.2) is 0 Å². The van der Waals surface area contributed by atoms with Crippen molar-refractivity contribution in [2.75, 3.05) is 26.2 Å². The Bertz CT molecular complexity index is 1150. The van der Waals surface area contributed by atoms with Gasteiger partial charge < -0.3 is 15.0 Å². The lowest BCUT2D eigenvalue weighted by Gasteiger charge is -2.25. The molecule has 3 nitrogen and oxygen atoms in total. The predicted octanol–water partition coefficient (Wildman–Crippen LogP) is 7.48. The normalized spacial score (nSPS) is 11.5. The summed E-state index contributed by atoms with van der Waals surface area (Å²) in [6.07, 6.45) is 0.897. The van der Waals surface area contributed by atoms with Gasteiger partial charge in [-0.05, 0) is 47.5 Å². The van der Waals surface area contributed by atoms with E-state index in [9.17, 15) is 0 Å². The molecule has 0 spiro atoms. The van der Waals surface area contributed by atoms with E-state index in [4.69, 9.17) is 4.74 Å². The monoisotopic (exact) mass is 524 g/mol. The molecule has 0 saturated carbocycles. The zero-order valence-electron chi connectivity index (χ0n) is 21.2. The standard InChI is InChI=1S/C31H36N2O.2ClH/c1-3-33(4-2)21-22-34-30-20-19-27-17-11-12-18-28(27)31(30)29(23-25-13-7-5-8-14-25)32-24-26-15-9-6-10-16-26;;/h5-20,29,32H,3-4,21-24H2,1-2H3;2*1H. The molecule has 0 aromatic heterocycles. The topological polar surface area (TPSA) is 24.5 Å². The lowest BCUT2D eigenvalue weighted by atomic mass is 9.92. The highest BCUT2D eigenvalue weighted by Gasteiger charge is 2.20. The molecule has 1 atom stereocenters. The highest BCUT2D eigenvalue weighted by Crippen LogP contribution is 2.35. The van der Waals surface area contributed by atoms with E-state index in [1.807, 2.05) is 0 Å². The van der Waals surface area contributed by atoms with Crippen LogP contribution in [0.1, 0.15) is 36.6 Å². The van der Waals surface area contributed by atoms with Crippen LogP contribution in [0.4, 0.5) is 0 Å². The first-order valence-corrected chi connectivity index (χ1v) is 12.5. The number of ether oxygens (including phenoxy) is 1. The molecule has 0 fully saturated rings. The first-order valence-electron chi connectivity index (χ1n) is 12.5. The molecule has 4 aromatic rings. The third-order valence-corrected chi connectivity index (χ3v) is 6.52. The van der Waals surface area contributed by atoms with Gasteiger partial charge in [0.1, 0.15) is 12.4 Å². The summed E-state index contributed by atoms with van der Waals surface area (Å²) in [7, 11) is 0. The molecule has 0 aliphatic rings. The van der Waals surface area contributed by atoms with Crippen LogP contribution in [0.3, 0.4) is 0 Å². The average molecular weight is 526 g/mol. The summed E-state index contributed by atoms with van der Waals surface area (Å²) in [5.74, 6) is 0.979. The van der Waals surface area contributed by atoms with E-state index in [2.05, 4.69) is 121 Å². The summed E-state index contributed by atoms with van der Waals surface area (Å²) < 4.78 is 6.47. The predicted molar refractivity (Wildman–Crippen MR) is 158 cm³/mol. The summed E-state index contributed by atoms with van der Waals surface area (Å²) in [4.78, 5) is 2.40. The van der Waals surface area contributed by atoms with Crippen molar-refractivity contribution >= 4 is 35.6 Å². The molecule has 4 rings (SSSR count). The maximum atomic E-state index is 6.47. The quantitative estimate of drug-likeness (QED) is 0.208. The third-order valence-electron chi connectivity index (χ3n) is 6.52. The van der Waals surface area contributed by atoms with Crippen molar-refractivity contribution in [1.29, 1.82) is 0 Å². The van der Waals surface area contributed by atoms with E-state index < -0.39 is 0 Å². The number of likely N-dealkylation sites (N-methyl/N-ethyl adjacent to an activating group) is 1. The summed E-state index contributed by atoms with van der Waals surface area (Å²) in [6.45, 7) is 8.91. The van der Waals surface area contributed by atoms with Crippen molar-refractivity contribution in [2.24, 2.45) is 0 Å². The Morgan fingerprint density at radius 2 is 1.33 bits per heavy atom. The zero-order valence-corrected chi connectivity index (χ0v) is 22.9. The lowest BCUT2D eigenvalue weighted by Crippen LogP contribution is -2.28. The molecule has 0 bridgehead atoms. The first kappa shape index (κ1) is 29.7. The molecule has 36 heavy (non-hydrogen) atoms. The van der Waals surface area contributed by atoms with E-state index >= 15 is 0 Å². The molecule has 0 amide bonds. The van der Waals surface area contributed by atoms with Gasteiger partial charge in [-0.1, -0.05) is 105 Å². The molecule has 0 radical (unpaired) electrons. The van der Waals surface area contributed by atoms with Gasteiger partial charge in [0.25, 0.3) is 0 Å². The van der Waals surface area contributed by atoms with Crippen LogP contribution in [0.5, 0.6) is 5.75 Å². The van der Waals surface area contributed by atoms with Crippen LogP contribution in [0, 0.1) is 0 Å². The second-order valence-corrected chi connectivity index (χ2v) is 8.68. The van der Waals surface area contributed by atoms with Crippen LogP contribution in [0.25, 0.3) is 10.8 Å². The molecule has 1 N–H and O–H groups in total. The number of nitrogens with one attached hydrogen (secondary N) is 1. The minimum absolute atomic E-state index is 0. The molecule has 0 saturated heterocycles. The first-order chi connectivity index (χ1) is 16.8. The highest BCUT2D eigenvalue weighted by molar-refractivity contribution is 5.88. The number of benzene rings is 4. The van der Waals surface area contributed by atoms with Gasteiger partial charge >= 0.3 is 0 Å². The molecular weight excluding hydrogens is 487 g/mol.